The minimum atomic E-state index is -0.171. The number of imidazole rings is 1. The molecule has 0 saturated carbocycles. The number of unbranched alkanes of at least 4 members (excludes halogenated alkanes) is 2. The lowest BCUT2D eigenvalue weighted by molar-refractivity contribution is 0.414. The van der Waals surface area contributed by atoms with Crippen molar-refractivity contribution in [1.82, 2.24) is 38.5 Å². The molecule has 34 heavy (non-hydrogen) atoms. The molecule has 0 bridgehead atoms. The molecule has 0 saturated heterocycles. The Hall–Kier alpha value is -3.95. The minimum absolute atomic E-state index is 0.171. The third kappa shape index (κ3) is 3.64. The summed E-state index contributed by atoms with van der Waals surface area (Å²) in [6, 6.07) is 7.84. The largest absolute Gasteiger partial charge is 0.497 e. The molecule has 0 atom stereocenters. The molecular formula is C24H28N8O2. The molecule has 176 valence electrons. The number of hydrogen-bond acceptors (Lipinski definition) is 6. The van der Waals surface area contributed by atoms with Crippen LogP contribution in [0.15, 0.2) is 41.5 Å². The zero-order valence-electron chi connectivity index (χ0n) is 19.9. The Morgan fingerprint density at radius 1 is 1.06 bits per heavy atom. The fourth-order valence-electron chi connectivity index (χ4n) is 4.35. The first-order chi connectivity index (χ1) is 16.5. The maximum Gasteiger partial charge on any atom is 0.286 e. The van der Waals surface area contributed by atoms with Crippen molar-refractivity contribution in [2.45, 2.75) is 46.2 Å². The van der Waals surface area contributed by atoms with E-state index in [9.17, 15) is 4.79 Å². The lowest BCUT2D eigenvalue weighted by Crippen LogP contribution is -2.22. The molecule has 0 radical (unpaired) electrons. The van der Waals surface area contributed by atoms with Gasteiger partial charge < -0.3 is 9.30 Å². The fourth-order valence-corrected chi connectivity index (χ4v) is 4.35. The lowest BCUT2D eigenvalue weighted by Gasteiger charge is -2.11. The van der Waals surface area contributed by atoms with Crippen molar-refractivity contribution >= 4 is 16.9 Å². The Morgan fingerprint density at radius 3 is 2.53 bits per heavy atom. The second-order valence-corrected chi connectivity index (χ2v) is 8.49. The average Bonchev–Trinajstić information content (AvgIpc) is 3.54. The van der Waals surface area contributed by atoms with Gasteiger partial charge in [0.1, 0.15) is 17.4 Å². The van der Waals surface area contributed by atoms with Gasteiger partial charge in [-0.25, -0.2) is 9.38 Å². The van der Waals surface area contributed by atoms with E-state index in [2.05, 4.69) is 22.2 Å². The molecule has 0 N–H and O–H groups in total. The van der Waals surface area contributed by atoms with Crippen molar-refractivity contribution in [3.63, 3.8) is 0 Å². The van der Waals surface area contributed by atoms with Gasteiger partial charge in [0.25, 0.3) is 5.56 Å². The molecule has 0 aliphatic rings. The van der Waals surface area contributed by atoms with Gasteiger partial charge in [0.15, 0.2) is 11.2 Å². The quantitative estimate of drug-likeness (QED) is 0.330. The number of methoxy groups -OCH3 is 1. The molecule has 10 nitrogen and oxygen atoms in total. The van der Waals surface area contributed by atoms with Crippen molar-refractivity contribution in [3.8, 4) is 17.1 Å². The van der Waals surface area contributed by atoms with Gasteiger partial charge in [-0.1, -0.05) is 31.9 Å². The summed E-state index contributed by atoms with van der Waals surface area (Å²) in [7, 11) is 3.51. The standard InChI is InChI=1S/C24H28N8O2/c1-5-6-7-12-30-22-20(23(33)32-16(2)27-28-24(30)32)31(14-17-8-10-19(34-4)11-9-17)21(26-22)18-13-25-29(3)15-18/h8-11,13,15H,5-7,12,14H2,1-4H3. The first kappa shape index (κ1) is 21.9. The van der Waals surface area contributed by atoms with E-state index in [-0.39, 0.29) is 5.56 Å². The van der Waals surface area contributed by atoms with Crippen LogP contribution in [-0.4, -0.2) is 45.6 Å². The summed E-state index contributed by atoms with van der Waals surface area (Å²) >= 11 is 0. The minimum Gasteiger partial charge on any atom is -0.497 e. The first-order valence-corrected chi connectivity index (χ1v) is 11.5. The Bertz CT molecular complexity index is 1520. The van der Waals surface area contributed by atoms with Gasteiger partial charge in [0.2, 0.25) is 5.78 Å². The van der Waals surface area contributed by atoms with Crippen molar-refractivity contribution in [2.24, 2.45) is 7.05 Å². The number of aromatic nitrogens is 8. The van der Waals surface area contributed by atoms with Gasteiger partial charge in [-0.3, -0.25) is 14.0 Å². The summed E-state index contributed by atoms with van der Waals surface area (Å²) in [6.45, 7) is 5.15. The highest BCUT2D eigenvalue weighted by Gasteiger charge is 2.23. The fraction of sp³-hybridized carbons (Fsp3) is 0.375. The Labute approximate surface area is 196 Å². The SMILES string of the molecule is CCCCCn1c2nc(-c3cnn(C)c3)n(Cc3ccc(OC)cc3)c2c(=O)n2c(C)nnc12. The third-order valence-corrected chi connectivity index (χ3v) is 6.11. The van der Waals surface area contributed by atoms with Crippen LogP contribution in [0.3, 0.4) is 0 Å². The Kier molecular flexibility index (Phi) is 5.64. The van der Waals surface area contributed by atoms with Crippen molar-refractivity contribution < 1.29 is 4.74 Å². The van der Waals surface area contributed by atoms with Crippen LogP contribution in [0.25, 0.3) is 28.3 Å². The van der Waals surface area contributed by atoms with Gasteiger partial charge in [-0.2, -0.15) is 5.10 Å². The zero-order chi connectivity index (χ0) is 23.8. The van der Waals surface area contributed by atoms with Crippen molar-refractivity contribution in [3.05, 3.63) is 58.4 Å². The van der Waals surface area contributed by atoms with Crippen LogP contribution in [-0.2, 0) is 20.1 Å². The maximum atomic E-state index is 13.8. The molecule has 0 spiro atoms. The molecule has 0 unspecified atom stereocenters. The number of aryl methyl sites for hydroxylation is 3. The molecule has 5 aromatic rings. The molecule has 4 heterocycles. The Morgan fingerprint density at radius 2 is 1.85 bits per heavy atom. The third-order valence-electron chi connectivity index (χ3n) is 6.11. The number of fused-ring (bicyclic) bond motifs is 2. The maximum absolute atomic E-state index is 13.8. The zero-order valence-corrected chi connectivity index (χ0v) is 19.9. The smallest absolute Gasteiger partial charge is 0.286 e. The van der Waals surface area contributed by atoms with Gasteiger partial charge in [-0.15, -0.1) is 10.2 Å². The molecule has 0 aliphatic carbocycles. The summed E-state index contributed by atoms with van der Waals surface area (Å²) in [5.41, 5.74) is 2.85. The monoisotopic (exact) mass is 460 g/mol. The molecule has 0 amide bonds. The van der Waals surface area contributed by atoms with Crippen molar-refractivity contribution in [2.75, 3.05) is 7.11 Å². The summed E-state index contributed by atoms with van der Waals surface area (Å²) in [5, 5.41) is 12.8. The van der Waals surface area contributed by atoms with E-state index in [1.807, 2.05) is 46.6 Å². The van der Waals surface area contributed by atoms with E-state index in [4.69, 9.17) is 9.72 Å². The second kappa shape index (κ2) is 8.77. The topological polar surface area (TPSA) is 97.1 Å². The molecule has 4 aromatic heterocycles. The number of rotatable bonds is 8. The van der Waals surface area contributed by atoms with Crippen LogP contribution in [0.4, 0.5) is 0 Å². The number of nitrogens with zero attached hydrogens (tertiary/aromatic N) is 8. The van der Waals surface area contributed by atoms with Gasteiger partial charge in [-0.05, 0) is 31.0 Å². The van der Waals surface area contributed by atoms with Crippen LogP contribution in [0.5, 0.6) is 5.75 Å². The summed E-state index contributed by atoms with van der Waals surface area (Å²) in [4.78, 5) is 18.8. The highest BCUT2D eigenvalue weighted by Crippen LogP contribution is 2.26. The number of ether oxygens (including phenoxy) is 1. The summed E-state index contributed by atoms with van der Waals surface area (Å²) in [6.07, 6.45) is 6.82. The van der Waals surface area contributed by atoms with E-state index < -0.39 is 0 Å². The second-order valence-electron chi connectivity index (χ2n) is 8.49. The Balaban J connectivity index is 1.79. The van der Waals surface area contributed by atoms with Crippen LogP contribution < -0.4 is 10.3 Å². The molecule has 0 aliphatic heterocycles. The molecule has 10 heteroatoms. The van der Waals surface area contributed by atoms with Crippen LogP contribution in [0.1, 0.15) is 37.6 Å². The van der Waals surface area contributed by atoms with Gasteiger partial charge >= 0.3 is 0 Å². The molecule has 1 aromatic carbocycles. The number of hydrogen-bond donors (Lipinski definition) is 0. The summed E-state index contributed by atoms with van der Waals surface area (Å²) in [5.74, 6) is 2.56. The van der Waals surface area contributed by atoms with Crippen LogP contribution in [0.2, 0.25) is 0 Å². The van der Waals surface area contributed by atoms with E-state index in [0.717, 1.165) is 36.1 Å². The lowest BCUT2D eigenvalue weighted by atomic mass is 10.2. The van der Waals surface area contributed by atoms with Crippen LogP contribution >= 0.6 is 0 Å². The molecule has 5 rings (SSSR count). The predicted octanol–water partition coefficient (Wildman–Crippen LogP) is 3.20. The van der Waals surface area contributed by atoms with E-state index in [1.54, 1.807) is 29.3 Å². The van der Waals surface area contributed by atoms with E-state index >= 15 is 0 Å². The van der Waals surface area contributed by atoms with Crippen molar-refractivity contribution in [1.29, 1.82) is 0 Å². The van der Waals surface area contributed by atoms with Gasteiger partial charge in [0.05, 0.1) is 18.9 Å². The molecular weight excluding hydrogens is 432 g/mol. The van der Waals surface area contributed by atoms with E-state index in [0.29, 0.717) is 41.7 Å². The van der Waals surface area contributed by atoms with Gasteiger partial charge in [0, 0.05) is 26.3 Å². The average molecular weight is 461 g/mol. The first-order valence-electron chi connectivity index (χ1n) is 11.5. The predicted molar refractivity (Wildman–Crippen MR) is 129 cm³/mol. The highest BCUT2D eigenvalue weighted by molar-refractivity contribution is 5.79. The molecule has 0 fully saturated rings. The normalized spacial score (nSPS) is 11.6. The number of benzene rings is 1. The van der Waals surface area contributed by atoms with E-state index in [1.165, 1.54) is 0 Å². The van der Waals surface area contributed by atoms with Crippen LogP contribution in [0, 0.1) is 6.92 Å². The highest BCUT2D eigenvalue weighted by atomic mass is 16.5. The summed E-state index contributed by atoms with van der Waals surface area (Å²) < 4.78 is 12.6.